The lowest BCUT2D eigenvalue weighted by atomic mass is 9.53. The van der Waals surface area contributed by atoms with E-state index in [9.17, 15) is 12.8 Å². The van der Waals surface area contributed by atoms with Gasteiger partial charge in [0.15, 0.2) is 0 Å². The van der Waals surface area contributed by atoms with Gasteiger partial charge in [0.1, 0.15) is 0 Å². The van der Waals surface area contributed by atoms with Crippen LogP contribution in [0.1, 0.15) is 50.5 Å². The molecule has 2 saturated carbocycles. The Labute approximate surface area is 184 Å². The highest BCUT2D eigenvalue weighted by Crippen LogP contribution is 2.53. The highest BCUT2D eigenvalue weighted by molar-refractivity contribution is 7.89. The molecule has 166 valence electrons. The van der Waals surface area contributed by atoms with E-state index in [0.717, 1.165) is 42.8 Å². The molecular formula is C22H31ClFN3O2S. The molecule has 2 aliphatic rings. The van der Waals surface area contributed by atoms with Crippen LogP contribution >= 0.6 is 11.6 Å². The molecule has 5 nitrogen and oxygen atoms in total. The third-order valence-corrected chi connectivity index (χ3v) is 8.27. The van der Waals surface area contributed by atoms with Crippen molar-refractivity contribution in [2.24, 2.45) is 16.8 Å². The van der Waals surface area contributed by atoms with Crippen molar-refractivity contribution in [1.82, 2.24) is 4.72 Å². The zero-order chi connectivity index (χ0) is 21.6. The van der Waals surface area contributed by atoms with Gasteiger partial charge in [0.05, 0.1) is 19.0 Å². The number of alkyl halides is 1. The number of nitrogens with one attached hydrogen (secondary N) is 2. The van der Waals surface area contributed by atoms with Gasteiger partial charge in [0.25, 0.3) is 0 Å². The number of benzene rings is 1. The molecule has 0 amide bonds. The summed E-state index contributed by atoms with van der Waals surface area (Å²) >= 11 is 6.11. The van der Waals surface area contributed by atoms with Crippen LogP contribution in [0.15, 0.2) is 29.3 Å². The molecule has 0 spiro atoms. The first-order valence-corrected chi connectivity index (χ1v) is 12.8. The van der Waals surface area contributed by atoms with E-state index in [1.165, 1.54) is 18.2 Å². The molecule has 0 aliphatic heterocycles. The molecule has 1 aromatic carbocycles. The highest BCUT2D eigenvalue weighted by atomic mass is 35.5. The summed E-state index contributed by atoms with van der Waals surface area (Å²) in [6.07, 6.45) is 7.88. The number of halogens is 2. The molecule has 3 rings (SSSR count). The first kappa shape index (κ1) is 23.4. The normalized spacial score (nSPS) is 25.1. The minimum absolute atomic E-state index is 0.00537. The van der Waals surface area contributed by atoms with Gasteiger partial charge < -0.3 is 5.41 Å². The Bertz CT molecular complexity index is 854. The van der Waals surface area contributed by atoms with Gasteiger partial charge >= 0.3 is 0 Å². The van der Waals surface area contributed by atoms with Gasteiger partial charge in [-0.05, 0) is 49.8 Å². The van der Waals surface area contributed by atoms with Gasteiger partial charge in [-0.25, -0.2) is 13.1 Å². The summed E-state index contributed by atoms with van der Waals surface area (Å²) in [5.74, 6) is 0.0680. The Morgan fingerprint density at radius 2 is 1.97 bits per heavy atom. The largest absolute Gasteiger partial charge is 0.312 e. The first-order valence-electron chi connectivity index (χ1n) is 10.8. The second-order valence-corrected chi connectivity index (χ2v) is 10.7. The molecule has 2 N–H and O–H groups in total. The van der Waals surface area contributed by atoms with E-state index in [4.69, 9.17) is 22.0 Å². The fourth-order valence-corrected chi connectivity index (χ4v) is 6.09. The third-order valence-electron chi connectivity index (χ3n) is 6.55. The monoisotopic (exact) mass is 455 g/mol. The Kier molecular flexibility index (Phi) is 8.04. The predicted octanol–water partition coefficient (Wildman–Crippen LogP) is 4.55. The SMILES string of the molecule is N=CC1CCCC(C2(c3ccc(Cl)cc3)CCC2)C1=NCCNS(=O)(=O)CCCF. The predicted molar refractivity (Wildman–Crippen MR) is 121 cm³/mol. The van der Waals surface area contributed by atoms with E-state index in [0.29, 0.717) is 6.54 Å². The minimum Gasteiger partial charge on any atom is -0.312 e. The van der Waals surface area contributed by atoms with Crippen molar-refractivity contribution >= 4 is 33.6 Å². The zero-order valence-corrected chi connectivity index (χ0v) is 18.8. The van der Waals surface area contributed by atoms with Crippen LogP contribution in [0.5, 0.6) is 0 Å². The van der Waals surface area contributed by atoms with E-state index < -0.39 is 16.7 Å². The number of hydrogen-bond donors (Lipinski definition) is 2. The molecule has 30 heavy (non-hydrogen) atoms. The standard InChI is InChI=1S/C22H31ClFN3O2S/c23-19-8-6-18(7-9-19)22(10-2-11-22)20-5-1-4-17(16-25)21(20)26-13-14-27-30(28,29)15-3-12-24/h6-9,16-17,20,25,27H,1-5,10-15H2. The van der Waals surface area contributed by atoms with Crippen molar-refractivity contribution in [1.29, 1.82) is 5.41 Å². The number of nitrogens with zero attached hydrogens (tertiary/aromatic N) is 1. The van der Waals surface area contributed by atoms with E-state index in [1.54, 1.807) is 0 Å². The summed E-state index contributed by atoms with van der Waals surface area (Å²) in [5, 5.41) is 8.64. The van der Waals surface area contributed by atoms with Crippen LogP contribution in [0.25, 0.3) is 0 Å². The summed E-state index contributed by atoms with van der Waals surface area (Å²) < 4.78 is 38.5. The summed E-state index contributed by atoms with van der Waals surface area (Å²) in [6.45, 7) is -0.107. The molecular weight excluding hydrogens is 425 g/mol. The van der Waals surface area contributed by atoms with Crippen molar-refractivity contribution in [3.05, 3.63) is 34.9 Å². The van der Waals surface area contributed by atoms with E-state index in [2.05, 4.69) is 16.9 Å². The van der Waals surface area contributed by atoms with Gasteiger partial charge in [-0.2, -0.15) is 0 Å². The Morgan fingerprint density at radius 1 is 1.23 bits per heavy atom. The van der Waals surface area contributed by atoms with Gasteiger partial charge in [-0.15, -0.1) is 0 Å². The van der Waals surface area contributed by atoms with Crippen LogP contribution in [-0.2, 0) is 15.4 Å². The van der Waals surface area contributed by atoms with Gasteiger partial charge in [0.2, 0.25) is 10.0 Å². The lowest BCUT2D eigenvalue weighted by Crippen LogP contribution is -2.49. The van der Waals surface area contributed by atoms with Crippen LogP contribution in [0.4, 0.5) is 4.39 Å². The zero-order valence-electron chi connectivity index (χ0n) is 17.2. The molecule has 2 unspecified atom stereocenters. The summed E-state index contributed by atoms with van der Waals surface area (Å²) in [4.78, 5) is 4.83. The molecule has 2 fully saturated rings. The molecule has 8 heteroatoms. The van der Waals surface area contributed by atoms with Crippen LogP contribution in [-0.4, -0.2) is 45.9 Å². The van der Waals surface area contributed by atoms with E-state index in [1.807, 2.05) is 12.1 Å². The van der Waals surface area contributed by atoms with Crippen molar-refractivity contribution in [3.63, 3.8) is 0 Å². The Morgan fingerprint density at radius 3 is 2.57 bits per heavy atom. The average Bonchev–Trinajstić information content (AvgIpc) is 2.71. The molecule has 0 bridgehead atoms. The van der Waals surface area contributed by atoms with Crippen LogP contribution in [0.2, 0.25) is 5.02 Å². The van der Waals surface area contributed by atoms with Crippen molar-refractivity contribution in [2.45, 2.75) is 50.4 Å². The maximum atomic E-state index is 12.2. The molecule has 2 aliphatic carbocycles. The average molecular weight is 456 g/mol. The van der Waals surface area contributed by atoms with Crippen molar-refractivity contribution in [3.8, 4) is 0 Å². The van der Waals surface area contributed by atoms with Crippen LogP contribution < -0.4 is 4.72 Å². The lowest BCUT2D eigenvalue weighted by Gasteiger charge is -2.51. The molecule has 1 aromatic rings. The minimum atomic E-state index is -3.46. The van der Waals surface area contributed by atoms with Crippen LogP contribution in [0.3, 0.4) is 0 Å². The lowest BCUT2D eigenvalue weighted by molar-refractivity contribution is 0.168. The van der Waals surface area contributed by atoms with Crippen LogP contribution in [0, 0.1) is 17.2 Å². The highest BCUT2D eigenvalue weighted by Gasteiger charge is 2.49. The number of aliphatic imine (C=N–C) groups is 1. The summed E-state index contributed by atoms with van der Waals surface area (Å²) in [6, 6.07) is 8.12. The van der Waals surface area contributed by atoms with Gasteiger partial charge in [-0.1, -0.05) is 36.6 Å². The molecule has 0 saturated heterocycles. The van der Waals surface area contributed by atoms with Gasteiger partial charge in [-0.3, -0.25) is 9.38 Å². The maximum absolute atomic E-state index is 12.2. The topological polar surface area (TPSA) is 82.4 Å². The molecule has 0 radical (unpaired) electrons. The Hall–Kier alpha value is -1.31. The number of sulfonamides is 1. The molecule has 0 heterocycles. The Balaban J connectivity index is 1.77. The fraction of sp³-hybridized carbons (Fsp3) is 0.636. The van der Waals surface area contributed by atoms with Gasteiger partial charge in [0, 0.05) is 40.7 Å². The molecule has 2 atom stereocenters. The maximum Gasteiger partial charge on any atom is 0.211 e. The third kappa shape index (κ3) is 5.29. The van der Waals surface area contributed by atoms with Crippen molar-refractivity contribution in [2.75, 3.05) is 25.5 Å². The van der Waals surface area contributed by atoms with E-state index >= 15 is 0 Å². The quantitative estimate of drug-likeness (QED) is 0.401. The summed E-state index contributed by atoms with van der Waals surface area (Å²) in [5.41, 5.74) is 2.36. The second-order valence-electron chi connectivity index (χ2n) is 8.34. The van der Waals surface area contributed by atoms with E-state index in [-0.39, 0.29) is 36.0 Å². The molecule has 0 aromatic heterocycles. The number of hydrogen-bond acceptors (Lipinski definition) is 4. The van der Waals surface area contributed by atoms with Crippen molar-refractivity contribution < 1.29 is 12.8 Å². The smallest absolute Gasteiger partial charge is 0.211 e. The number of rotatable bonds is 10. The summed E-state index contributed by atoms with van der Waals surface area (Å²) in [7, 11) is -3.46. The fourth-order valence-electron chi connectivity index (χ4n) is 4.93. The second kappa shape index (κ2) is 10.3. The first-order chi connectivity index (χ1) is 14.4.